The Bertz CT molecular complexity index is 551. The fourth-order valence-electron chi connectivity index (χ4n) is 1.49. The van der Waals surface area contributed by atoms with Gasteiger partial charge in [0.05, 0.1) is 33.6 Å². The van der Waals surface area contributed by atoms with Gasteiger partial charge in [-0.15, -0.1) is 11.3 Å². The first-order valence-corrected chi connectivity index (χ1v) is 6.89. The molecular weight excluding hydrogens is 347 g/mol. The molecule has 88 valence electrons. The summed E-state index contributed by atoms with van der Waals surface area (Å²) in [6.07, 6.45) is 0. The molecule has 0 atom stereocenters. The van der Waals surface area contributed by atoms with Crippen molar-refractivity contribution in [2.75, 3.05) is 7.05 Å². The van der Waals surface area contributed by atoms with Crippen molar-refractivity contribution in [3.05, 3.63) is 40.2 Å². The summed E-state index contributed by atoms with van der Waals surface area (Å²) in [7, 11) is 1.74. The number of nitrogens with zero attached hydrogens (tertiary/aromatic N) is 2. The van der Waals surface area contributed by atoms with E-state index in [1.54, 1.807) is 21.5 Å². The molecule has 1 aromatic carbocycles. The summed E-state index contributed by atoms with van der Waals surface area (Å²) in [6.45, 7) is 1.97. The molecule has 0 bridgehead atoms. The number of aryl methyl sites for hydroxylation is 1. The quantitative estimate of drug-likeness (QED) is 0.608. The van der Waals surface area contributed by atoms with Crippen molar-refractivity contribution in [2.24, 2.45) is 0 Å². The van der Waals surface area contributed by atoms with Crippen LogP contribution in [0.1, 0.15) is 15.4 Å². The second kappa shape index (κ2) is 5.14. The van der Waals surface area contributed by atoms with E-state index >= 15 is 0 Å². The number of rotatable bonds is 2. The lowest BCUT2D eigenvalue weighted by Crippen LogP contribution is -2.15. The Labute approximate surface area is 118 Å². The van der Waals surface area contributed by atoms with E-state index in [4.69, 9.17) is 0 Å². The molecule has 3 nitrogen and oxygen atoms in total. The Morgan fingerprint density at radius 3 is 2.82 bits per heavy atom. The highest BCUT2D eigenvalue weighted by Gasteiger charge is 2.10. The fraction of sp³-hybridized carbons (Fsp3) is 0.167. The minimum absolute atomic E-state index is 0.000554. The van der Waals surface area contributed by atoms with E-state index in [1.165, 1.54) is 0 Å². The molecule has 1 aromatic heterocycles. The smallest absolute Gasteiger partial charge is 0.262 e. The van der Waals surface area contributed by atoms with Crippen LogP contribution in [0, 0.1) is 6.92 Å². The summed E-state index contributed by atoms with van der Waals surface area (Å²) in [6, 6.07) is 7.56. The van der Waals surface area contributed by atoms with E-state index in [2.05, 4.69) is 4.98 Å². The zero-order valence-corrected chi connectivity index (χ0v) is 12.4. The van der Waals surface area contributed by atoms with Gasteiger partial charge in [-0.1, -0.05) is 12.1 Å². The number of hydrogen-bond donors (Lipinski definition) is 0. The van der Waals surface area contributed by atoms with Gasteiger partial charge in [0.15, 0.2) is 0 Å². The van der Waals surface area contributed by atoms with Crippen LogP contribution in [0.15, 0.2) is 29.6 Å². The van der Waals surface area contributed by atoms with Gasteiger partial charge in [0.25, 0.3) is 5.91 Å². The third-order valence-electron chi connectivity index (χ3n) is 2.30. The van der Waals surface area contributed by atoms with Crippen molar-refractivity contribution in [1.29, 1.82) is 0 Å². The van der Waals surface area contributed by atoms with Crippen LogP contribution in [0.4, 0.5) is 0 Å². The summed E-state index contributed by atoms with van der Waals surface area (Å²) in [5, 5.41) is 3.04. The van der Waals surface area contributed by atoms with Crippen LogP contribution >= 0.6 is 34.2 Å². The van der Waals surface area contributed by atoms with Gasteiger partial charge in [0.2, 0.25) is 0 Å². The maximum absolute atomic E-state index is 11.8. The Balaban J connectivity index is 2.38. The normalized spacial score (nSPS) is 10.3. The minimum atomic E-state index is -0.000554. The van der Waals surface area contributed by atoms with Crippen LogP contribution in [-0.2, 0) is 0 Å². The number of aromatic nitrogens is 1. The van der Waals surface area contributed by atoms with E-state index in [1.807, 2.05) is 59.4 Å². The molecule has 2 rings (SSSR count). The number of carbonyl (C=O) groups is 1. The molecule has 2 aromatic rings. The van der Waals surface area contributed by atoms with Crippen molar-refractivity contribution in [3.8, 4) is 11.3 Å². The Kier molecular flexibility index (Phi) is 3.78. The lowest BCUT2D eigenvalue weighted by molar-refractivity contribution is 0.0906. The second-order valence-electron chi connectivity index (χ2n) is 3.61. The minimum Gasteiger partial charge on any atom is -0.284 e. The topological polar surface area (TPSA) is 33.2 Å². The monoisotopic (exact) mass is 358 g/mol. The average molecular weight is 358 g/mol. The van der Waals surface area contributed by atoms with Gasteiger partial charge in [0.1, 0.15) is 0 Å². The Morgan fingerprint density at radius 1 is 1.47 bits per heavy atom. The number of halogens is 1. The van der Waals surface area contributed by atoms with Crippen molar-refractivity contribution < 1.29 is 4.79 Å². The highest BCUT2D eigenvalue weighted by atomic mass is 127. The molecule has 0 saturated carbocycles. The van der Waals surface area contributed by atoms with Crippen LogP contribution in [0.3, 0.4) is 0 Å². The maximum Gasteiger partial charge on any atom is 0.262 e. The molecule has 0 radical (unpaired) electrons. The van der Waals surface area contributed by atoms with Crippen LogP contribution < -0.4 is 0 Å². The number of thiazole rings is 1. The van der Waals surface area contributed by atoms with Gasteiger partial charge >= 0.3 is 0 Å². The van der Waals surface area contributed by atoms with E-state index in [-0.39, 0.29) is 5.91 Å². The summed E-state index contributed by atoms with van der Waals surface area (Å²) in [4.78, 5) is 16.3. The molecule has 1 heterocycles. The third-order valence-corrected chi connectivity index (χ3v) is 3.52. The van der Waals surface area contributed by atoms with Crippen LogP contribution in [0.25, 0.3) is 11.3 Å². The van der Waals surface area contributed by atoms with E-state index in [9.17, 15) is 4.79 Å². The number of hydrogen-bond acceptors (Lipinski definition) is 3. The Morgan fingerprint density at radius 2 is 2.24 bits per heavy atom. The molecule has 0 spiro atoms. The van der Waals surface area contributed by atoms with Gasteiger partial charge in [-0.25, -0.2) is 4.98 Å². The highest BCUT2D eigenvalue weighted by Crippen LogP contribution is 2.23. The molecule has 0 N–H and O–H groups in total. The zero-order chi connectivity index (χ0) is 12.4. The molecule has 0 unspecified atom stereocenters. The lowest BCUT2D eigenvalue weighted by atomic mass is 10.1. The van der Waals surface area contributed by atoms with Crippen LogP contribution in [0.2, 0.25) is 0 Å². The summed E-state index contributed by atoms with van der Waals surface area (Å²) < 4.78 is 1.54. The molecule has 5 heteroatoms. The molecular formula is C12H11IN2OS. The third kappa shape index (κ3) is 2.84. The lowest BCUT2D eigenvalue weighted by Gasteiger charge is -2.08. The van der Waals surface area contributed by atoms with E-state index < -0.39 is 0 Å². The standard InChI is InChI=1S/C12H11IN2OS/c1-8-14-11(7-17-8)9-4-3-5-10(6-9)12(16)15(2)13/h3-7H,1-2H3. The first-order valence-electron chi connectivity index (χ1n) is 5.04. The van der Waals surface area contributed by atoms with Crippen molar-refractivity contribution in [3.63, 3.8) is 0 Å². The van der Waals surface area contributed by atoms with Gasteiger partial charge in [-0.3, -0.25) is 7.91 Å². The molecule has 0 aliphatic carbocycles. The van der Waals surface area contributed by atoms with Crippen molar-refractivity contribution in [1.82, 2.24) is 8.10 Å². The van der Waals surface area contributed by atoms with Crippen LogP contribution in [-0.4, -0.2) is 21.1 Å². The van der Waals surface area contributed by atoms with Gasteiger partial charge in [-0.2, -0.15) is 0 Å². The van der Waals surface area contributed by atoms with Crippen molar-refractivity contribution >= 4 is 40.1 Å². The largest absolute Gasteiger partial charge is 0.284 e. The fourth-order valence-corrected chi connectivity index (χ4v) is 2.39. The maximum atomic E-state index is 11.8. The van der Waals surface area contributed by atoms with E-state index in [0.717, 1.165) is 16.3 Å². The number of carbonyl (C=O) groups excluding carboxylic acids is 1. The number of benzene rings is 1. The van der Waals surface area contributed by atoms with Crippen LogP contribution in [0.5, 0.6) is 0 Å². The molecule has 1 amide bonds. The molecule has 0 saturated heterocycles. The zero-order valence-electron chi connectivity index (χ0n) is 9.48. The SMILES string of the molecule is Cc1nc(-c2cccc(C(=O)N(C)I)c2)cs1. The first-order chi connectivity index (χ1) is 8.08. The number of amides is 1. The predicted molar refractivity (Wildman–Crippen MR) is 78.4 cm³/mol. The average Bonchev–Trinajstić information content (AvgIpc) is 2.75. The summed E-state index contributed by atoms with van der Waals surface area (Å²) >= 11 is 3.58. The molecule has 17 heavy (non-hydrogen) atoms. The first kappa shape index (κ1) is 12.5. The van der Waals surface area contributed by atoms with E-state index in [0.29, 0.717) is 5.56 Å². The van der Waals surface area contributed by atoms with Crippen molar-refractivity contribution in [2.45, 2.75) is 6.92 Å². The summed E-state index contributed by atoms with van der Waals surface area (Å²) in [5.74, 6) is -0.000554. The highest BCUT2D eigenvalue weighted by molar-refractivity contribution is 14.1. The predicted octanol–water partition coefficient (Wildman–Crippen LogP) is 3.54. The molecule has 0 aliphatic rings. The van der Waals surface area contributed by atoms with Gasteiger partial charge in [-0.05, 0) is 19.1 Å². The second-order valence-corrected chi connectivity index (χ2v) is 6.12. The van der Waals surface area contributed by atoms with Gasteiger partial charge in [0, 0.05) is 23.6 Å². The summed E-state index contributed by atoms with van der Waals surface area (Å²) in [5.41, 5.74) is 2.60. The molecule has 0 fully saturated rings. The van der Waals surface area contributed by atoms with Gasteiger partial charge < -0.3 is 0 Å². The Hall–Kier alpha value is -0.950. The molecule has 0 aliphatic heterocycles.